The summed E-state index contributed by atoms with van der Waals surface area (Å²) in [5.74, 6) is -0.191. The Labute approximate surface area is 256 Å². The highest BCUT2D eigenvalue weighted by atomic mass is 35.5. The van der Waals surface area contributed by atoms with Gasteiger partial charge in [0.2, 0.25) is 0 Å². The van der Waals surface area contributed by atoms with Crippen LogP contribution >= 0.6 is 34.5 Å². The average Bonchev–Trinajstić information content (AvgIpc) is 3.72. The van der Waals surface area contributed by atoms with E-state index in [9.17, 15) is 9.65 Å². The highest BCUT2D eigenvalue weighted by molar-refractivity contribution is 7.07. The third-order valence-electron chi connectivity index (χ3n) is 7.52. The third-order valence-corrected chi connectivity index (χ3v) is 8.71. The molecule has 2 aliphatic heterocycles. The van der Waals surface area contributed by atoms with Crippen molar-refractivity contribution < 1.29 is 4.39 Å². The normalized spacial score (nSPS) is 17.5. The van der Waals surface area contributed by atoms with Crippen LogP contribution in [0.25, 0.3) is 0 Å². The summed E-state index contributed by atoms with van der Waals surface area (Å²) in [5, 5.41) is 28.0. The zero-order valence-electron chi connectivity index (χ0n) is 22.6. The number of hydrogen-bond donors (Lipinski definition) is 2. The predicted octanol–water partition coefficient (Wildman–Crippen LogP) is 6.28. The Balaban J connectivity index is 1.34. The summed E-state index contributed by atoms with van der Waals surface area (Å²) < 4.78 is 15.8. The van der Waals surface area contributed by atoms with Crippen LogP contribution in [-0.4, -0.2) is 61.9 Å². The van der Waals surface area contributed by atoms with Crippen LogP contribution in [0, 0.1) is 17.3 Å². The largest absolute Gasteiger partial charge is 0.371 e. The summed E-state index contributed by atoms with van der Waals surface area (Å²) in [6, 6.07) is 7.74. The minimum atomic E-state index is -0.547. The number of hydrogen-bond acceptors (Lipinski definition) is 9. The maximum Gasteiger partial charge on any atom is 0.187 e. The van der Waals surface area contributed by atoms with E-state index in [1.807, 2.05) is 28.4 Å². The molecule has 0 aliphatic carbocycles. The van der Waals surface area contributed by atoms with Crippen LogP contribution in [0.5, 0.6) is 0 Å². The zero-order chi connectivity index (χ0) is 29.2. The van der Waals surface area contributed by atoms with Crippen LogP contribution in [-0.2, 0) is 0 Å². The van der Waals surface area contributed by atoms with Gasteiger partial charge in [0, 0.05) is 29.7 Å². The number of nitriles is 1. The Hall–Kier alpha value is -3.76. The summed E-state index contributed by atoms with van der Waals surface area (Å²) in [4.78, 5) is 13.1. The van der Waals surface area contributed by atoms with Crippen LogP contribution in [0.1, 0.15) is 48.8 Å². The van der Waals surface area contributed by atoms with Crippen molar-refractivity contribution in [3.63, 3.8) is 0 Å². The first kappa shape index (κ1) is 28.4. The van der Waals surface area contributed by atoms with E-state index in [1.54, 1.807) is 5.51 Å². The molecular formula is C28H27Cl2FN10S. The molecule has 1 saturated heterocycles. The lowest BCUT2D eigenvalue weighted by Crippen LogP contribution is -2.37. The van der Waals surface area contributed by atoms with Gasteiger partial charge in [0.05, 0.1) is 44.9 Å². The van der Waals surface area contributed by atoms with Gasteiger partial charge in [0.1, 0.15) is 24.2 Å². The number of aromatic nitrogens is 4. The van der Waals surface area contributed by atoms with Crippen molar-refractivity contribution in [3.05, 3.63) is 80.2 Å². The Morgan fingerprint density at radius 2 is 2.05 bits per heavy atom. The summed E-state index contributed by atoms with van der Waals surface area (Å²) >= 11 is 14.2. The van der Waals surface area contributed by atoms with Crippen LogP contribution in [0.3, 0.4) is 0 Å². The summed E-state index contributed by atoms with van der Waals surface area (Å²) in [6.45, 7) is 5.50. The van der Waals surface area contributed by atoms with Crippen molar-refractivity contribution in [3.8, 4) is 6.19 Å². The van der Waals surface area contributed by atoms with E-state index in [2.05, 4.69) is 48.9 Å². The number of likely N-dealkylation sites (tertiary alicyclic amines) is 1. The molecular weight excluding hydrogens is 598 g/mol. The number of piperidine rings is 1. The van der Waals surface area contributed by atoms with Gasteiger partial charge in [0.25, 0.3) is 0 Å². The molecule has 0 unspecified atom stereocenters. The van der Waals surface area contributed by atoms with Gasteiger partial charge >= 0.3 is 0 Å². The molecule has 10 nitrogen and oxygen atoms in total. The lowest BCUT2D eigenvalue weighted by molar-refractivity contribution is 0.186. The monoisotopic (exact) mass is 624 g/mol. The number of nitrogens with zero attached hydrogens (tertiary/aromatic N) is 8. The number of amidine groups is 1. The molecule has 0 saturated carbocycles. The van der Waals surface area contributed by atoms with Gasteiger partial charge in [-0.15, -0.1) is 16.4 Å². The molecule has 0 spiro atoms. The van der Waals surface area contributed by atoms with Crippen LogP contribution in [0.4, 0.5) is 21.5 Å². The lowest BCUT2D eigenvalue weighted by atomic mass is 10.0. The number of benzene rings is 2. The number of rotatable bonds is 7. The quantitative estimate of drug-likeness (QED) is 0.231. The number of anilines is 2. The Morgan fingerprint density at radius 1 is 1.21 bits per heavy atom. The average molecular weight is 626 g/mol. The Morgan fingerprint density at radius 3 is 2.76 bits per heavy atom. The minimum absolute atomic E-state index is 0.0574. The summed E-state index contributed by atoms with van der Waals surface area (Å²) in [5.41, 5.74) is 5.63. The fraction of sp³-hybridized carbons (Fsp3) is 0.321. The second kappa shape index (κ2) is 12.2. The van der Waals surface area contributed by atoms with Crippen molar-refractivity contribution in [2.24, 2.45) is 4.99 Å². The molecule has 2 N–H and O–H groups in total. The number of aliphatic imine (C=N–C) groups is 1. The van der Waals surface area contributed by atoms with E-state index in [0.717, 1.165) is 43.9 Å². The summed E-state index contributed by atoms with van der Waals surface area (Å²) in [7, 11) is 0. The van der Waals surface area contributed by atoms with E-state index >= 15 is 0 Å². The van der Waals surface area contributed by atoms with Gasteiger partial charge in [-0.2, -0.15) is 5.26 Å². The molecule has 6 rings (SSSR count). The second-order valence-corrected chi connectivity index (χ2v) is 11.6. The van der Waals surface area contributed by atoms with E-state index < -0.39 is 11.9 Å². The van der Waals surface area contributed by atoms with E-state index in [4.69, 9.17) is 23.2 Å². The second-order valence-electron chi connectivity index (χ2n) is 10.1. The van der Waals surface area contributed by atoms with Crippen molar-refractivity contribution in [1.82, 2.24) is 29.8 Å². The maximum atomic E-state index is 13.8. The number of nitrogens with one attached hydrogen (secondary N) is 2. The van der Waals surface area contributed by atoms with Crippen molar-refractivity contribution in [2.45, 2.75) is 31.8 Å². The van der Waals surface area contributed by atoms with Crippen molar-refractivity contribution in [1.29, 1.82) is 5.26 Å². The molecule has 0 bridgehead atoms. The van der Waals surface area contributed by atoms with Crippen LogP contribution < -0.4 is 10.6 Å². The number of fused-ring (bicyclic) bond motifs is 1. The first-order valence-corrected chi connectivity index (χ1v) is 15.2. The Bertz CT molecular complexity index is 1640. The maximum absolute atomic E-state index is 13.8. The molecule has 14 heteroatoms. The number of halogens is 3. The molecule has 0 amide bonds. The third kappa shape index (κ3) is 5.78. The van der Waals surface area contributed by atoms with Gasteiger partial charge < -0.3 is 15.5 Å². The fourth-order valence-corrected chi connectivity index (χ4v) is 6.28. The molecule has 42 heavy (non-hydrogen) atoms. The molecule has 2 aliphatic rings. The molecule has 1 fully saturated rings. The SMILES string of the molecule is CCN1CCC(n2cc([C@@H](Nc3cc(Cl)c4c(c3)C(=Nc3ccc(F)c(Cl)c3)N(C#N)CN4)c3cscn3)nn2)CC1. The molecule has 216 valence electrons. The molecule has 0 radical (unpaired) electrons. The molecule has 2 aromatic carbocycles. The van der Waals surface area contributed by atoms with Gasteiger partial charge in [-0.05, 0) is 49.7 Å². The first-order valence-electron chi connectivity index (χ1n) is 13.5. The minimum Gasteiger partial charge on any atom is -0.371 e. The van der Waals surface area contributed by atoms with Crippen LogP contribution in [0.15, 0.2) is 52.4 Å². The van der Waals surface area contributed by atoms with E-state index in [1.165, 1.54) is 34.4 Å². The highest BCUT2D eigenvalue weighted by Crippen LogP contribution is 2.37. The molecule has 4 aromatic rings. The molecule has 4 heterocycles. The van der Waals surface area contributed by atoms with Crippen molar-refractivity contribution in [2.75, 3.05) is 36.9 Å². The van der Waals surface area contributed by atoms with E-state index in [-0.39, 0.29) is 11.7 Å². The standard InChI is InChI=1S/C28H27Cl2FN10S/c1-2-39-7-5-19(6-8-39)41-12-24(37-38-41)27(25-13-42-16-34-25)35-18-9-20-26(22(30)11-18)33-15-40(14-32)28(20)36-17-3-4-23(31)21(29)10-17/h3-4,9-13,16,19,27,33,35H,2,5-8,15H2,1H3/t27-/m1/s1. The van der Waals surface area contributed by atoms with Gasteiger partial charge in [-0.3, -0.25) is 0 Å². The first-order chi connectivity index (χ1) is 20.4. The highest BCUT2D eigenvalue weighted by Gasteiger charge is 2.28. The number of thiazole rings is 1. The fourth-order valence-electron chi connectivity index (χ4n) is 5.24. The van der Waals surface area contributed by atoms with Crippen LogP contribution in [0.2, 0.25) is 10.0 Å². The topological polar surface area (TPSA) is 110 Å². The van der Waals surface area contributed by atoms with Crippen molar-refractivity contribution >= 4 is 57.4 Å². The van der Waals surface area contributed by atoms with Gasteiger partial charge in [-0.1, -0.05) is 35.3 Å². The van der Waals surface area contributed by atoms with E-state index in [0.29, 0.717) is 39.5 Å². The zero-order valence-corrected chi connectivity index (χ0v) is 25.0. The lowest BCUT2D eigenvalue weighted by Gasteiger charge is -2.30. The summed E-state index contributed by atoms with van der Waals surface area (Å²) in [6.07, 6.45) is 6.19. The molecule has 1 atom stereocenters. The smallest absolute Gasteiger partial charge is 0.187 e. The molecule has 2 aromatic heterocycles. The van der Waals surface area contributed by atoms with Gasteiger partial charge in [0.15, 0.2) is 12.0 Å². The predicted molar refractivity (Wildman–Crippen MR) is 163 cm³/mol. The van der Waals surface area contributed by atoms with Gasteiger partial charge in [-0.25, -0.2) is 23.9 Å². The Kier molecular flexibility index (Phi) is 8.26.